The van der Waals surface area contributed by atoms with Gasteiger partial charge in [0.25, 0.3) is 0 Å². The van der Waals surface area contributed by atoms with Crippen LogP contribution in [0, 0.1) is 0 Å². The molecule has 5 nitrogen and oxygen atoms in total. The summed E-state index contributed by atoms with van der Waals surface area (Å²) in [4.78, 5) is 25.3. The Bertz CT molecular complexity index is 711. The predicted octanol–water partition coefficient (Wildman–Crippen LogP) is 3.32. The molecule has 2 rings (SSSR count). The number of halogens is 1. The van der Waals surface area contributed by atoms with E-state index in [1.54, 1.807) is 24.3 Å². The molecule has 0 heterocycles. The van der Waals surface area contributed by atoms with E-state index in [1.807, 2.05) is 19.0 Å². The van der Waals surface area contributed by atoms with E-state index in [2.05, 4.69) is 0 Å². The van der Waals surface area contributed by atoms with Crippen molar-refractivity contribution >= 4 is 29.2 Å². The normalized spacial score (nSPS) is 10.1. The maximum Gasteiger partial charge on any atom is 0.345 e. The summed E-state index contributed by atoms with van der Waals surface area (Å²) in [5.41, 5.74) is 0.597. The van der Waals surface area contributed by atoms with Gasteiger partial charge in [-0.15, -0.1) is 0 Å². The molecule has 0 bridgehead atoms. The van der Waals surface area contributed by atoms with Gasteiger partial charge >= 0.3 is 11.9 Å². The van der Waals surface area contributed by atoms with E-state index in [0.717, 1.165) is 5.69 Å². The Morgan fingerprint density at radius 1 is 1.09 bits per heavy atom. The molecule has 0 saturated heterocycles. The van der Waals surface area contributed by atoms with Crippen LogP contribution < -0.4 is 9.64 Å². The molecule has 0 unspecified atom stereocenters. The number of carboxylic acid groups (broad SMARTS) is 1. The fraction of sp³-hybridized carbons (Fsp3) is 0.125. The quantitative estimate of drug-likeness (QED) is 0.691. The summed E-state index contributed by atoms with van der Waals surface area (Å²) in [5.74, 6) is -1.73. The third-order valence-electron chi connectivity index (χ3n) is 3.01. The van der Waals surface area contributed by atoms with Crippen molar-refractivity contribution in [3.63, 3.8) is 0 Å². The number of benzene rings is 2. The second-order valence-electron chi connectivity index (χ2n) is 4.75. The molecule has 0 aliphatic heterocycles. The van der Waals surface area contributed by atoms with Crippen molar-refractivity contribution in [1.29, 1.82) is 0 Å². The van der Waals surface area contributed by atoms with E-state index in [4.69, 9.17) is 21.4 Å². The summed E-state index contributed by atoms with van der Waals surface area (Å²) in [7, 11) is 3.79. The minimum atomic E-state index is -1.24. The first kappa shape index (κ1) is 15.9. The largest absolute Gasteiger partial charge is 0.478 e. The van der Waals surface area contributed by atoms with Crippen LogP contribution in [0.3, 0.4) is 0 Å². The Morgan fingerprint density at radius 2 is 1.73 bits per heavy atom. The van der Waals surface area contributed by atoms with Gasteiger partial charge in [-0.05, 0) is 36.4 Å². The topological polar surface area (TPSA) is 66.8 Å². The summed E-state index contributed by atoms with van der Waals surface area (Å²) in [6.07, 6.45) is 0. The molecule has 0 aliphatic rings. The van der Waals surface area contributed by atoms with Gasteiger partial charge in [0.15, 0.2) is 0 Å². The number of hydrogen-bond acceptors (Lipinski definition) is 4. The van der Waals surface area contributed by atoms with Crippen LogP contribution in [0.5, 0.6) is 5.75 Å². The number of carbonyl (C=O) groups is 2. The molecule has 2 aromatic carbocycles. The highest BCUT2D eigenvalue weighted by molar-refractivity contribution is 6.34. The van der Waals surface area contributed by atoms with Gasteiger partial charge in [-0.3, -0.25) is 0 Å². The molecular formula is C16H14ClNO4. The Morgan fingerprint density at radius 3 is 2.27 bits per heavy atom. The highest BCUT2D eigenvalue weighted by atomic mass is 35.5. The van der Waals surface area contributed by atoms with Crippen LogP contribution in [-0.4, -0.2) is 31.1 Å². The van der Waals surface area contributed by atoms with Crippen molar-refractivity contribution < 1.29 is 19.4 Å². The second kappa shape index (κ2) is 6.49. The van der Waals surface area contributed by atoms with Crippen molar-refractivity contribution in [2.75, 3.05) is 19.0 Å². The SMILES string of the molecule is CN(C)c1ccc(OC(=O)c2c(Cl)cccc2C(=O)O)cc1. The molecule has 0 aromatic heterocycles. The van der Waals surface area contributed by atoms with Crippen molar-refractivity contribution in [3.05, 3.63) is 58.6 Å². The van der Waals surface area contributed by atoms with Gasteiger partial charge in [-0.1, -0.05) is 17.7 Å². The van der Waals surface area contributed by atoms with Crippen LogP contribution in [-0.2, 0) is 0 Å². The minimum Gasteiger partial charge on any atom is -0.478 e. The molecule has 0 atom stereocenters. The third-order valence-corrected chi connectivity index (χ3v) is 3.33. The molecule has 0 fully saturated rings. The molecule has 2 aromatic rings. The zero-order valence-electron chi connectivity index (χ0n) is 12.0. The predicted molar refractivity (Wildman–Crippen MR) is 84.1 cm³/mol. The number of nitrogens with zero attached hydrogens (tertiary/aromatic N) is 1. The van der Waals surface area contributed by atoms with Crippen LogP contribution in [0.25, 0.3) is 0 Å². The summed E-state index contributed by atoms with van der Waals surface area (Å²) in [6, 6.07) is 11.0. The number of esters is 1. The maximum atomic E-state index is 12.2. The van der Waals surface area contributed by atoms with Crippen LogP contribution in [0.4, 0.5) is 5.69 Å². The highest BCUT2D eigenvalue weighted by Crippen LogP contribution is 2.24. The Hall–Kier alpha value is -2.53. The lowest BCUT2D eigenvalue weighted by atomic mass is 10.1. The van der Waals surface area contributed by atoms with Gasteiger partial charge in [0.05, 0.1) is 16.1 Å². The Balaban J connectivity index is 2.28. The van der Waals surface area contributed by atoms with Crippen LogP contribution in [0.1, 0.15) is 20.7 Å². The highest BCUT2D eigenvalue weighted by Gasteiger charge is 2.21. The van der Waals surface area contributed by atoms with Gasteiger partial charge in [-0.2, -0.15) is 0 Å². The standard InChI is InChI=1S/C16H14ClNO4/c1-18(2)10-6-8-11(9-7-10)22-16(21)14-12(15(19)20)4-3-5-13(14)17/h3-9H,1-2H3,(H,19,20). The molecule has 1 N–H and O–H groups in total. The molecule has 0 saturated carbocycles. The number of ether oxygens (including phenoxy) is 1. The fourth-order valence-corrected chi connectivity index (χ4v) is 2.13. The van der Waals surface area contributed by atoms with E-state index >= 15 is 0 Å². The summed E-state index contributed by atoms with van der Waals surface area (Å²) < 4.78 is 5.20. The van der Waals surface area contributed by atoms with Gasteiger partial charge in [-0.25, -0.2) is 9.59 Å². The number of anilines is 1. The Kier molecular flexibility index (Phi) is 4.68. The Labute approximate surface area is 132 Å². The lowest BCUT2D eigenvalue weighted by Gasteiger charge is -2.13. The molecule has 0 aliphatic carbocycles. The van der Waals surface area contributed by atoms with E-state index < -0.39 is 11.9 Å². The van der Waals surface area contributed by atoms with Gasteiger partial charge in [0.1, 0.15) is 5.75 Å². The van der Waals surface area contributed by atoms with E-state index in [-0.39, 0.29) is 16.1 Å². The first-order chi connectivity index (χ1) is 10.4. The van der Waals surface area contributed by atoms with Gasteiger partial charge in [0, 0.05) is 19.8 Å². The number of carboxylic acids is 1. The fourth-order valence-electron chi connectivity index (χ4n) is 1.88. The number of rotatable bonds is 4. The third kappa shape index (κ3) is 3.38. The van der Waals surface area contributed by atoms with E-state index in [1.165, 1.54) is 18.2 Å². The van der Waals surface area contributed by atoms with Crippen molar-refractivity contribution in [1.82, 2.24) is 0 Å². The van der Waals surface area contributed by atoms with Crippen LogP contribution >= 0.6 is 11.6 Å². The first-order valence-corrected chi connectivity index (χ1v) is 6.79. The van der Waals surface area contributed by atoms with Crippen molar-refractivity contribution in [2.45, 2.75) is 0 Å². The summed E-state index contributed by atoms with van der Waals surface area (Å²) in [5, 5.41) is 9.17. The lowest BCUT2D eigenvalue weighted by Crippen LogP contribution is -2.15. The summed E-state index contributed by atoms with van der Waals surface area (Å²) >= 11 is 5.93. The number of hydrogen-bond donors (Lipinski definition) is 1. The van der Waals surface area contributed by atoms with Gasteiger partial charge < -0.3 is 14.7 Å². The lowest BCUT2D eigenvalue weighted by molar-refractivity contribution is 0.0668. The van der Waals surface area contributed by atoms with Crippen molar-refractivity contribution in [2.24, 2.45) is 0 Å². The average Bonchev–Trinajstić information content (AvgIpc) is 2.47. The smallest absolute Gasteiger partial charge is 0.345 e. The molecule has 6 heteroatoms. The van der Waals surface area contributed by atoms with Crippen LogP contribution in [0.2, 0.25) is 5.02 Å². The van der Waals surface area contributed by atoms with Crippen LogP contribution in [0.15, 0.2) is 42.5 Å². The monoisotopic (exact) mass is 319 g/mol. The second-order valence-corrected chi connectivity index (χ2v) is 5.15. The molecule has 0 amide bonds. The van der Waals surface area contributed by atoms with Crippen molar-refractivity contribution in [3.8, 4) is 5.75 Å². The molecule has 0 radical (unpaired) electrons. The van der Waals surface area contributed by atoms with Gasteiger partial charge in [0.2, 0.25) is 0 Å². The zero-order chi connectivity index (χ0) is 16.3. The van der Waals surface area contributed by atoms with E-state index in [9.17, 15) is 9.59 Å². The molecule has 22 heavy (non-hydrogen) atoms. The minimum absolute atomic E-state index is 0.0369. The number of aromatic carboxylic acids is 1. The average molecular weight is 320 g/mol. The summed E-state index contributed by atoms with van der Waals surface area (Å²) in [6.45, 7) is 0. The zero-order valence-corrected chi connectivity index (χ0v) is 12.8. The molecule has 0 spiro atoms. The maximum absolute atomic E-state index is 12.2. The number of carbonyl (C=O) groups excluding carboxylic acids is 1. The van der Waals surface area contributed by atoms with E-state index in [0.29, 0.717) is 5.75 Å². The first-order valence-electron chi connectivity index (χ1n) is 6.41. The molecular weight excluding hydrogens is 306 g/mol. The molecule has 114 valence electrons.